The summed E-state index contributed by atoms with van der Waals surface area (Å²) in [6.45, 7) is 0. The van der Waals surface area contributed by atoms with Crippen molar-refractivity contribution in [1.82, 2.24) is 0 Å². The molecule has 4 rings (SSSR count). The van der Waals surface area contributed by atoms with Crippen LogP contribution in [0.4, 0.5) is 11.4 Å². The van der Waals surface area contributed by atoms with Gasteiger partial charge in [-0.3, -0.25) is 25.0 Å². The summed E-state index contributed by atoms with van der Waals surface area (Å²) in [5.74, 6) is -0.553. The average molecular weight is 458 g/mol. The Kier molecular flexibility index (Phi) is 7.40. The predicted molar refractivity (Wildman–Crippen MR) is 128 cm³/mol. The lowest BCUT2D eigenvalue weighted by Crippen LogP contribution is -1.95. The molecule has 4 aromatic carbocycles. The van der Waals surface area contributed by atoms with E-state index in [-0.39, 0.29) is 16.9 Å². The third kappa shape index (κ3) is 5.46. The molecule has 170 valence electrons. The predicted octanol–water partition coefficient (Wildman–Crippen LogP) is 5.49. The number of hydrogen-bond acceptors (Lipinski definition) is 7. The zero-order valence-corrected chi connectivity index (χ0v) is 17.9. The Morgan fingerprint density at radius 3 is 1.59 bits per heavy atom. The molecule has 0 heterocycles. The van der Waals surface area contributed by atoms with E-state index in [0.29, 0.717) is 11.8 Å². The van der Waals surface area contributed by atoms with Crippen LogP contribution in [0.2, 0.25) is 0 Å². The molecule has 0 saturated heterocycles. The van der Waals surface area contributed by atoms with E-state index in [1.807, 2.05) is 30.3 Å². The fraction of sp³-hybridized carbons (Fsp3) is 0.0400. The van der Waals surface area contributed by atoms with E-state index in [1.165, 1.54) is 31.4 Å². The summed E-state index contributed by atoms with van der Waals surface area (Å²) in [5, 5.41) is 24.9. The van der Waals surface area contributed by atoms with Crippen molar-refractivity contribution >= 4 is 51.3 Å². The molecule has 0 aliphatic carbocycles. The Hall–Kier alpha value is -4.92. The first-order chi connectivity index (χ1) is 16.3. The van der Waals surface area contributed by atoms with Gasteiger partial charge in [-0.2, -0.15) is 0 Å². The van der Waals surface area contributed by atoms with Crippen molar-refractivity contribution < 1.29 is 24.2 Å². The maximum absolute atomic E-state index is 11.1. The summed E-state index contributed by atoms with van der Waals surface area (Å²) in [6.07, 6.45) is 3.05. The largest absolute Gasteiger partial charge is 0.466 e. The van der Waals surface area contributed by atoms with Gasteiger partial charge in [0.2, 0.25) is 0 Å². The summed E-state index contributed by atoms with van der Waals surface area (Å²) in [5.41, 5.74) is 0.287. The number of nitro benzene ring substituents is 2. The maximum Gasteiger partial charge on any atom is 0.330 e. The van der Waals surface area contributed by atoms with Crippen molar-refractivity contribution in [2.45, 2.75) is 0 Å². The molecule has 0 atom stereocenters. The van der Waals surface area contributed by atoms with Gasteiger partial charge in [0.1, 0.15) is 0 Å². The summed E-state index contributed by atoms with van der Waals surface area (Å²) in [7, 11) is 1.25. The molecule has 0 bridgehead atoms. The van der Waals surface area contributed by atoms with Crippen LogP contribution in [0, 0.1) is 20.2 Å². The molecule has 0 unspecified atom stereocenters. The van der Waals surface area contributed by atoms with E-state index < -0.39 is 15.8 Å². The van der Waals surface area contributed by atoms with Gasteiger partial charge >= 0.3 is 5.97 Å². The van der Waals surface area contributed by atoms with Gasteiger partial charge in [-0.1, -0.05) is 48.5 Å². The highest BCUT2D eigenvalue weighted by atomic mass is 16.6. The zero-order chi connectivity index (χ0) is 24.7. The number of carbonyl (C=O) groups excluding carboxylic acids is 2. The molecule has 0 saturated carbocycles. The second-order valence-corrected chi connectivity index (χ2v) is 7.00. The minimum absolute atomic E-state index is 0.0427. The second kappa shape index (κ2) is 10.6. The molecule has 0 spiro atoms. The minimum Gasteiger partial charge on any atom is -0.466 e. The monoisotopic (exact) mass is 458 g/mol. The van der Waals surface area contributed by atoms with Crippen LogP contribution in [0.1, 0.15) is 15.9 Å². The second-order valence-electron chi connectivity index (χ2n) is 7.00. The Bertz CT molecular complexity index is 1440. The van der Waals surface area contributed by atoms with Gasteiger partial charge in [-0.25, -0.2) is 4.79 Å². The average Bonchev–Trinajstić information content (AvgIpc) is 2.85. The number of ether oxygens (including phenoxy) is 1. The van der Waals surface area contributed by atoms with Gasteiger partial charge in [0.15, 0.2) is 6.29 Å². The number of fused-ring (bicyclic) bond motifs is 2. The molecule has 0 fully saturated rings. The SMILES string of the molecule is COC(=O)/C=C/c1cc2ccccc2cc1[N+](=O)[O-].O=Cc1cc2ccccc2cc1[N+](=O)[O-]. The summed E-state index contributed by atoms with van der Waals surface area (Å²) in [4.78, 5) is 42.4. The van der Waals surface area contributed by atoms with Gasteiger partial charge in [0.25, 0.3) is 11.4 Å². The lowest BCUT2D eigenvalue weighted by Gasteiger charge is -2.01. The van der Waals surface area contributed by atoms with Crippen LogP contribution in [0.25, 0.3) is 27.6 Å². The van der Waals surface area contributed by atoms with E-state index in [4.69, 9.17) is 0 Å². The van der Waals surface area contributed by atoms with Crippen LogP contribution in [0.5, 0.6) is 0 Å². The van der Waals surface area contributed by atoms with E-state index in [0.717, 1.165) is 27.6 Å². The number of aldehydes is 1. The molecular weight excluding hydrogens is 440 g/mol. The first-order valence-corrected chi connectivity index (χ1v) is 9.89. The van der Waals surface area contributed by atoms with Gasteiger partial charge in [-0.05, 0) is 39.8 Å². The Balaban J connectivity index is 0.000000196. The van der Waals surface area contributed by atoms with Crippen molar-refractivity contribution in [3.8, 4) is 0 Å². The fourth-order valence-electron chi connectivity index (χ4n) is 3.26. The minimum atomic E-state index is -0.553. The Morgan fingerprint density at radius 2 is 1.18 bits per heavy atom. The summed E-state index contributed by atoms with van der Waals surface area (Å²) >= 11 is 0. The van der Waals surface area contributed by atoms with Crippen LogP contribution >= 0.6 is 0 Å². The lowest BCUT2D eigenvalue weighted by molar-refractivity contribution is -0.385. The zero-order valence-electron chi connectivity index (χ0n) is 17.9. The molecule has 0 aliphatic rings. The van der Waals surface area contributed by atoms with E-state index in [9.17, 15) is 29.8 Å². The molecule has 4 aromatic rings. The molecule has 0 aliphatic heterocycles. The van der Waals surface area contributed by atoms with Crippen LogP contribution in [-0.2, 0) is 9.53 Å². The van der Waals surface area contributed by atoms with Crippen molar-refractivity contribution in [1.29, 1.82) is 0 Å². The standard InChI is InChI=1S/C14H11NO4.C11H7NO3/c1-19-14(16)7-6-12-8-10-4-2-3-5-11(10)9-13(12)15(17)18;13-7-10-5-8-3-1-2-4-9(8)6-11(10)12(14)15/h2-9H,1H3;1-7H/b7-6+;. The first-order valence-electron chi connectivity index (χ1n) is 9.89. The molecule has 34 heavy (non-hydrogen) atoms. The van der Waals surface area contributed by atoms with Crippen LogP contribution in [0.15, 0.2) is 78.9 Å². The van der Waals surface area contributed by atoms with Crippen molar-refractivity contribution in [3.63, 3.8) is 0 Å². The fourth-order valence-corrected chi connectivity index (χ4v) is 3.26. The number of methoxy groups -OCH3 is 1. The topological polar surface area (TPSA) is 130 Å². The number of nitro groups is 2. The summed E-state index contributed by atoms with van der Waals surface area (Å²) in [6, 6.07) is 20.6. The number of hydrogen-bond donors (Lipinski definition) is 0. The number of nitrogens with zero attached hydrogens (tertiary/aromatic N) is 2. The quantitative estimate of drug-likeness (QED) is 0.127. The molecule has 9 heteroatoms. The van der Waals surface area contributed by atoms with Gasteiger partial charge in [0.05, 0.1) is 28.1 Å². The molecule has 0 N–H and O–H groups in total. The van der Waals surface area contributed by atoms with Gasteiger partial charge in [-0.15, -0.1) is 0 Å². The highest BCUT2D eigenvalue weighted by Crippen LogP contribution is 2.27. The molecule has 0 radical (unpaired) electrons. The van der Waals surface area contributed by atoms with Crippen molar-refractivity contribution in [2.75, 3.05) is 7.11 Å². The van der Waals surface area contributed by atoms with E-state index in [1.54, 1.807) is 24.3 Å². The maximum atomic E-state index is 11.1. The smallest absolute Gasteiger partial charge is 0.330 e. The molecule has 9 nitrogen and oxygen atoms in total. The summed E-state index contributed by atoms with van der Waals surface area (Å²) < 4.78 is 4.46. The van der Waals surface area contributed by atoms with E-state index >= 15 is 0 Å². The normalized spacial score (nSPS) is 10.5. The van der Waals surface area contributed by atoms with Crippen molar-refractivity contribution in [3.05, 3.63) is 110 Å². The van der Waals surface area contributed by atoms with Crippen LogP contribution in [0.3, 0.4) is 0 Å². The first kappa shape index (κ1) is 23.7. The van der Waals surface area contributed by atoms with Crippen molar-refractivity contribution in [2.24, 2.45) is 0 Å². The third-order valence-corrected chi connectivity index (χ3v) is 4.91. The molecule has 0 aromatic heterocycles. The highest BCUT2D eigenvalue weighted by Gasteiger charge is 2.14. The van der Waals surface area contributed by atoms with Crippen LogP contribution < -0.4 is 0 Å². The third-order valence-electron chi connectivity index (χ3n) is 4.91. The molecular formula is C25H18N2O7. The Labute approximate surface area is 193 Å². The molecule has 0 amide bonds. The number of esters is 1. The number of rotatable bonds is 5. The van der Waals surface area contributed by atoms with Gasteiger partial charge < -0.3 is 4.74 Å². The van der Waals surface area contributed by atoms with Gasteiger partial charge in [0, 0.05) is 18.2 Å². The van der Waals surface area contributed by atoms with E-state index in [2.05, 4.69) is 4.74 Å². The Morgan fingerprint density at radius 1 is 0.765 bits per heavy atom. The lowest BCUT2D eigenvalue weighted by atomic mass is 10.0. The highest BCUT2D eigenvalue weighted by molar-refractivity contribution is 5.94. The number of carbonyl (C=O) groups is 2. The number of benzene rings is 4. The van der Waals surface area contributed by atoms with Crippen LogP contribution in [-0.4, -0.2) is 29.2 Å².